The summed E-state index contributed by atoms with van der Waals surface area (Å²) in [6.45, 7) is 4.61. The Labute approximate surface area is 152 Å². The first-order valence-corrected chi connectivity index (χ1v) is 9.22. The topological polar surface area (TPSA) is 74.1 Å². The van der Waals surface area contributed by atoms with Gasteiger partial charge in [0.15, 0.2) is 5.76 Å². The number of hydrogen-bond acceptors (Lipinski definition) is 4. The van der Waals surface area contributed by atoms with E-state index in [1.807, 2.05) is 11.9 Å². The Morgan fingerprint density at radius 2 is 1.81 bits per heavy atom. The summed E-state index contributed by atoms with van der Waals surface area (Å²) in [5.74, 6) is 0.434. The summed E-state index contributed by atoms with van der Waals surface area (Å²) in [7, 11) is 1.84. The molecule has 7 heteroatoms. The molecule has 26 heavy (non-hydrogen) atoms. The van der Waals surface area contributed by atoms with Crippen LogP contribution in [0.1, 0.15) is 36.7 Å². The van der Waals surface area contributed by atoms with Gasteiger partial charge >= 0.3 is 0 Å². The quantitative estimate of drug-likeness (QED) is 0.755. The van der Waals surface area contributed by atoms with Crippen LogP contribution in [-0.4, -0.2) is 72.2 Å². The van der Waals surface area contributed by atoms with Gasteiger partial charge in [-0.05, 0) is 31.4 Å². The monoisotopic (exact) mass is 359 g/mol. The van der Waals surface area contributed by atoms with Gasteiger partial charge in [0.2, 0.25) is 11.8 Å². The van der Waals surface area contributed by atoms with E-state index in [0.717, 1.165) is 25.8 Å². The maximum atomic E-state index is 13.1. The molecule has 1 aromatic heterocycles. The molecule has 0 N–H and O–H groups in total. The third-order valence-electron chi connectivity index (χ3n) is 6.78. The third kappa shape index (κ3) is 2.29. The van der Waals surface area contributed by atoms with E-state index in [1.165, 1.54) is 6.26 Å². The molecule has 0 radical (unpaired) electrons. The number of piperidine rings is 1. The van der Waals surface area contributed by atoms with E-state index in [4.69, 9.17) is 4.42 Å². The number of likely N-dealkylation sites (tertiary alicyclic amines) is 3. The zero-order valence-corrected chi connectivity index (χ0v) is 15.4. The van der Waals surface area contributed by atoms with Crippen LogP contribution < -0.4 is 0 Å². The molecule has 2 spiro atoms. The van der Waals surface area contributed by atoms with E-state index in [-0.39, 0.29) is 23.1 Å². The fraction of sp³-hybridized carbons (Fsp3) is 0.632. The highest BCUT2D eigenvalue weighted by atomic mass is 16.3. The van der Waals surface area contributed by atoms with Crippen molar-refractivity contribution in [3.8, 4) is 0 Å². The highest BCUT2D eigenvalue weighted by Gasteiger charge is 2.65. The molecule has 0 bridgehead atoms. The van der Waals surface area contributed by atoms with Crippen molar-refractivity contribution in [1.29, 1.82) is 0 Å². The predicted octanol–water partition coefficient (Wildman–Crippen LogP) is 1.21. The van der Waals surface area contributed by atoms with Crippen LogP contribution in [-0.2, 0) is 9.59 Å². The summed E-state index contributed by atoms with van der Waals surface area (Å²) >= 11 is 0. The standard InChI is InChI=1S/C19H25N3O4/c1-14(23)22-12-18(19(13-22)7-8-20(2)17(19)25)5-9-21(10-6-18)16(24)15-4-3-11-26-15/h3-4,11H,5-10,12-13H2,1-2H3. The average Bonchev–Trinajstić information content (AvgIpc) is 3.33. The second-order valence-electron chi connectivity index (χ2n) is 7.98. The van der Waals surface area contributed by atoms with Crippen molar-refractivity contribution in [2.24, 2.45) is 10.8 Å². The van der Waals surface area contributed by atoms with Crippen LogP contribution in [0.15, 0.2) is 22.8 Å². The van der Waals surface area contributed by atoms with E-state index in [1.54, 1.807) is 28.9 Å². The summed E-state index contributed by atoms with van der Waals surface area (Å²) in [4.78, 5) is 43.1. The van der Waals surface area contributed by atoms with Gasteiger partial charge in [0.25, 0.3) is 5.91 Å². The molecule has 3 aliphatic heterocycles. The molecule has 3 fully saturated rings. The number of amides is 3. The molecule has 0 saturated carbocycles. The zero-order chi connectivity index (χ0) is 18.5. The Morgan fingerprint density at radius 1 is 1.08 bits per heavy atom. The summed E-state index contributed by atoms with van der Waals surface area (Å²) in [6.07, 6.45) is 3.77. The average molecular weight is 359 g/mol. The Morgan fingerprint density at radius 3 is 2.35 bits per heavy atom. The van der Waals surface area contributed by atoms with Gasteiger partial charge in [-0.2, -0.15) is 0 Å². The lowest BCUT2D eigenvalue weighted by atomic mass is 9.60. The molecular weight excluding hydrogens is 334 g/mol. The minimum absolute atomic E-state index is 0.0256. The van der Waals surface area contributed by atoms with Crippen LogP contribution in [0.2, 0.25) is 0 Å². The number of carbonyl (C=O) groups excluding carboxylic acids is 3. The molecule has 0 aromatic carbocycles. The van der Waals surface area contributed by atoms with Gasteiger partial charge in [0, 0.05) is 52.1 Å². The lowest BCUT2D eigenvalue weighted by Gasteiger charge is -2.46. The van der Waals surface area contributed by atoms with Crippen molar-refractivity contribution in [3.05, 3.63) is 24.2 Å². The van der Waals surface area contributed by atoms with Crippen molar-refractivity contribution >= 4 is 17.7 Å². The molecule has 1 unspecified atom stereocenters. The van der Waals surface area contributed by atoms with E-state index < -0.39 is 5.41 Å². The fourth-order valence-electron chi connectivity index (χ4n) is 5.19. The van der Waals surface area contributed by atoms with Crippen LogP contribution >= 0.6 is 0 Å². The minimum atomic E-state index is -0.493. The third-order valence-corrected chi connectivity index (χ3v) is 6.78. The van der Waals surface area contributed by atoms with Crippen LogP contribution in [0.25, 0.3) is 0 Å². The lowest BCUT2D eigenvalue weighted by molar-refractivity contribution is -0.141. The van der Waals surface area contributed by atoms with E-state index in [2.05, 4.69) is 0 Å². The Kier molecular flexibility index (Phi) is 3.86. The van der Waals surface area contributed by atoms with Gasteiger partial charge in [-0.15, -0.1) is 0 Å². The molecule has 3 amide bonds. The predicted molar refractivity (Wildman–Crippen MR) is 93.2 cm³/mol. The number of nitrogens with zero attached hydrogens (tertiary/aromatic N) is 3. The maximum absolute atomic E-state index is 13.1. The number of carbonyl (C=O) groups is 3. The highest BCUT2D eigenvalue weighted by Crippen LogP contribution is 2.57. The minimum Gasteiger partial charge on any atom is -0.459 e. The van der Waals surface area contributed by atoms with Crippen molar-refractivity contribution in [2.45, 2.75) is 26.2 Å². The molecule has 0 aliphatic carbocycles. The van der Waals surface area contributed by atoms with Gasteiger partial charge in [0.05, 0.1) is 11.7 Å². The first-order valence-electron chi connectivity index (χ1n) is 9.22. The Balaban J connectivity index is 1.58. The molecule has 7 nitrogen and oxygen atoms in total. The van der Waals surface area contributed by atoms with E-state index in [9.17, 15) is 14.4 Å². The maximum Gasteiger partial charge on any atom is 0.289 e. The fourth-order valence-corrected chi connectivity index (χ4v) is 5.19. The summed E-state index contributed by atoms with van der Waals surface area (Å²) < 4.78 is 5.23. The summed E-state index contributed by atoms with van der Waals surface area (Å²) in [5.41, 5.74) is -0.728. The largest absolute Gasteiger partial charge is 0.459 e. The molecule has 4 heterocycles. The smallest absolute Gasteiger partial charge is 0.289 e. The van der Waals surface area contributed by atoms with Crippen LogP contribution in [0, 0.1) is 10.8 Å². The molecule has 1 atom stereocenters. The molecule has 3 aliphatic rings. The molecule has 3 saturated heterocycles. The zero-order valence-electron chi connectivity index (χ0n) is 15.4. The van der Waals surface area contributed by atoms with Crippen LogP contribution in [0.4, 0.5) is 0 Å². The number of furan rings is 1. The van der Waals surface area contributed by atoms with Gasteiger partial charge in [0.1, 0.15) is 0 Å². The SMILES string of the molecule is CC(=O)N1CC2(CCN(C(=O)c3ccco3)CC2)C2(CCN(C)C2=O)C1. The van der Waals surface area contributed by atoms with E-state index in [0.29, 0.717) is 31.9 Å². The van der Waals surface area contributed by atoms with Gasteiger partial charge in [-0.3, -0.25) is 14.4 Å². The number of fused-ring (bicyclic) bond motifs is 1. The first kappa shape index (κ1) is 17.1. The Hall–Kier alpha value is -2.31. The van der Waals surface area contributed by atoms with Gasteiger partial charge < -0.3 is 19.1 Å². The second-order valence-corrected chi connectivity index (χ2v) is 7.98. The Bertz CT molecular complexity index is 736. The lowest BCUT2D eigenvalue weighted by Crippen LogP contribution is -2.53. The highest BCUT2D eigenvalue weighted by molar-refractivity contribution is 5.92. The molecule has 1 aromatic rings. The van der Waals surface area contributed by atoms with Crippen molar-refractivity contribution in [2.75, 3.05) is 39.8 Å². The van der Waals surface area contributed by atoms with Crippen molar-refractivity contribution in [1.82, 2.24) is 14.7 Å². The molecular formula is C19H25N3O4. The van der Waals surface area contributed by atoms with Crippen molar-refractivity contribution < 1.29 is 18.8 Å². The number of hydrogen-bond donors (Lipinski definition) is 0. The van der Waals surface area contributed by atoms with Crippen LogP contribution in [0.5, 0.6) is 0 Å². The van der Waals surface area contributed by atoms with Crippen LogP contribution in [0.3, 0.4) is 0 Å². The van der Waals surface area contributed by atoms with E-state index >= 15 is 0 Å². The summed E-state index contributed by atoms with van der Waals surface area (Å²) in [5, 5.41) is 0. The number of rotatable bonds is 1. The normalized spacial score (nSPS) is 27.8. The van der Waals surface area contributed by atoms with Gasteiger partial charge in [-0.1, -0.05) is 0 Å². The molecule has 4 rings (SSSR count). The summed E-state index contributed by atoms with van der Waals surface area (Å²) in [6, 6.07) is 3.39. The molecule has 140 valence electrons. The second kappa shape index (κ2) is 5.86. The van der Waals surface area contributed by atoms with Crippen molar-refractivity contribution in [3.63, 3.8) is 0 Å². The first-order chi connectivity index (χ1) is 12.4. The van der Waals surface area contributed by atoms with Gasteiger partial charge in [-0.25, -0.2) is 0 Å².